The van der Waals surface area contributed by atoms with E-state index in [1.54, 1.807) is 0 Å². The van der Waals surface area contributed by atoms with Gasteiger partial charge in [-0.25, -0.2) is 13.2 Å². The summed E-state index contributed by atoms with van der Waals surface area (Å²) >= 11 is 5.87. The van der Waals surface area contributed by atoms with Crippen LogP contribution in [0.5, 0.6) is 0 Å². The lowest BCUT2D eigenvalue weighted by Gasteiger charge is -2.08. The molecular weight excluding hydrogens is 263 g/mol. The molecule has 0 amide bonds. The molecule has 2 aromatic rings. The minimum absolute atomic E-state index is 0.180. The number of halogens is 4. The van der Waals surface area contributed by atoms with E-state index < -0.39 is 17.5 Å². The van der Waals surface area contributed by atoms with Crippen LogP contribution in [0.15, 0.2) is 36.4 Å². The fraction of sp³-hybridized carbons (Fsp3) is 0.0769. The van der Waals surface area contributed by atoms with Gasteiger partial charge in [0.2, 0.25) is 0 Å². The first-order chi connectivity index (χ1) is 8.54. The zero-order chi connectivity index (χ0) is 13.1. The molecule has 0 saturated heterocycles. The molecule has 2 rings (SSSR count). The first-order valence-electron chi connectivity index (χ1n) is 5.18. The molecule has 0 unspecified atom stereocenters. The van der Waals surface area contributed by atoms with Crippen molar-refractivity contribution in [3.63, 3.8) is 0 Å². The summed E-state index contributed by atoms with van der Waals surface area (Å²) in [6.07, 6.45) is 0. The van der Waals surface area contributed by atoms with Crippen molar-refractivity contribution >= 4 is 17.3 Å². The Bertz CT molecular complexity index is 552. The normalized spacial score (nSPS) is 10.4. The van der Waals surface area contributed by atoms with Gasteiger partial charge in [-0.15, -0.1) is 0 Å². The molecule has 0 aliphatic rings. The van der Waals surface area contributed by atoms with Gasteiger partial charge in [0.05, 0.1) is 0 Å². The maximum atomic E-state index is 13.0. The first-order valence-corrected chi connectivity index (χ1v) is 5.56. The van der Waals surface area contributed by atoms with Gasteiger partial charge in [-0.05, 0) is 35.9 Å². The van der Waals surface area contributed by atoms with Crippen molar-refractivity contribution in [3.05, 3.63) is 64.4 Å². The smallest absolute Gasteiger partial charge is 0.128 e. The Kier molecular flexibility index (Phi) is 3.77. The first kappa shape index (κ1) is 12.8. The Hall–Kier alpha value is -1.68. The Morgan fingerprint density at radius 1 is 0.889 bits per heavy atom. The molecule has 2 aromatic carbocycles. The Balaban J connectivity index is 2.13. The molecule has 0 aliphatic heterocycles. The second-order valence-corrected chi connectivity index (χ2v) is 4.15. The lowest BCUT2D eigenvalue weighted by molar-refractivity contribution is 0.584. The number of nitrogens with one attached hydrogen (secondary N) is 1. The van der Waals surface area contributed by atoms with E-state index in [0.29, 0.717) is 10.6 Å². The molecule has 0 aromatic heterocycles. The Morgan fingerprint density at radius 3 is 2.22 bits per heavy atom. The van der Waals surface area contributed by atoms with Crippen LogP contribution in [0.25, 0.3) is 0 Å². The Labute approximate surface area is 107 Å². The molecule has 0 saturated carbocycles. The summed E-state index contributed by atoms with van der Waals surface area (Å²) in [5, 5.41) is 3.17. The molecule has 0 atom stereocenters. The van der Waals surface area contributed by atoms with Gasteiger partial charge in [0.25, 0.3) is 0 Å². The molecule has 0 bridgehead atoms. The average molecular weight is 272 g/mol. The van der Waals surface area contributed by atoms with Crippen molar-refractivity contribution in [3.8, 4) is 0 Å². The van der Waals surface area contributed by atoms with Crippen molar-refractivity contribution in [1.29, 1.82) is 0 Å². The monoisotopic (exact) mass is 271 g/mol. The second-order valence-electron chi connectivity index (χ2n) is 3.75. The topological polar surface area (TPSA) is 12.0 Å². The highest BCUT2D eigenvalue weighted by Crippen LogP contribution is 2.19. The number of benzene rings is 2. The van der Waals surface area contributed by atoms with Gasteiger partial charge < -0.3 is 5.32 Å². The fourth-order valence-electron chi connectivity index (χ4n) is 1.53. The zero-order valence-electron chi connectivity index (χ0n) is 9.18. The highest BCUT2D eigenvalue weighted by Gasteiger charge is 2.04. The highest BCUT2D eigenvalue weighted by atomic mass is 35.5. The third-order valence-electron chi connectivity index (χ3n) is 2.35. The van der Waals surface area contributed by atoms with Crippen molar-refractivity contribution in [2.24, 2.45) is 0 Å². The highest BCUT2D eigenvalue weighted by molar-refractivity contribution is 6.31. The molecule has 94 valence electrons. The van der Waals surface area contributed by atoms with E-state index in [1.165, 1.54) is 18.2 Å². The van der Waals surface area contributed by atoms with E-state index in [1.807, 2.05) is 0 Å². The van der Waals surface area contributed by atoms with E-state index in [2.05, 4.69) is 5.32 Å². The minimum Gasteiger partial charge on any atom is -0.381 e. The van der Waals surface area contributed by atoms with Crippen molar-refractivity contribution < 1.29 is 13.2 Å². The SMILES string of the molecule is Fc1cc(F)cc(NCc2cc(F)ccc2Cl)c1. The van der Waals surface area contributed by atoms with Crippen molar-refractivity contribution in [1.82, 2.24) is 0 Å². The molecular formula is C13H9ClF3N. The molecule has 0 aliphatic carbocycles. The van der Waals surface area contributed by atoms with Crippen LogP contribution in [-0.2, 0) is 6.54 Å². The molecule has 0 radical (unpaired) electrons. The van der Waals surface area contributed by atoms with Crippen molar-refractivity contribution in [2.75, 3.05) is 5.32 Å². The molecule has 5 heteroatoms. The third-order valence-corrected chi connectivity index (χ3v) is 2.72. The summed E-state index contributed by atoms with van der Waals surface area (Å²) in [6, 6.07) is 7.02. The van der Waals surface area contributed by atoms with E-state index in [0.717, 1.165) is 18.2 Å². The standard InChI is InChI=1S/C13H9ClF3N/c14-13-2-1-9(15)3-8(13)7-18-12-5-10(16)4-11(17)6-12/h1-6,18H,7H2. The quantitative estimate of drug-likeness (QED) is 0.874. The van der Waals surface area contributed by atoms with Gasteiger partial charge in [0.1, 0.15) is 17.5 Å². The van der Waals surface area contributed by atoms with Gasteiger partial charge >= 0.3 is 0 Å². The maximum absolute atomic E-state index is 13.0. The Morgan fingerprint density at radius 2 is 1.56 bits per heavy atom. The molecule has 18 heavy (non-hydrogen) atoms. The fourth-order valence-corrected chi connectivity index (χ4v) is 1.72. The summed E-state index contributed by atoms with van der Waals surface area (Å²) in [6.45, 7) is 0.180. The van der Waals surface area contributed by atoms with Crippen LogP contribution in [0.1, 0.15) is 5.56 Å². The molecule has 1 N–H and O–H groups in total. The minimum atomic E-state index is -0.678. The number of rotatable bonds is 3. The molecule has 0 heterocycles. The van der Waals surface area contributed by atoms with Crippen LogP contribution >= 0.6 is 11.6 Å². The summed E-state index contributed by atoms with van der Waals surface area (Å²) in [4.78, 5) is 0. The summed E-state index contributed by atoms with van der Waals surface area (Å²) in [7, 11) is 0. The second kappa shape index (κ2) is 5.31. The maximum Gasteiger partial charge on any atom is 0.128 e. The van der Waals surface area contributed by atoms with Crippen LogP contribution in [0.2, 0.25) is 5.02 Å². The van der Waals surface area contributed by atoms with Crippen LogP contribution in [-0.4, -0.2) is 0 Å². The van der Waals surface area contributed by atoms with Gasteiger partial charge in [0.15, 0.2) is 0 Å². The predicted molar refractivity (Wildman–Crippen MR) is 65.1 cm³/mol. The summed E-state index contributed by atoms with van der Waals surface area (Å²) in [5.74, 6) is -1.77. The largest absolute Gasteiger partial charge is 0.381 e. The van der Waals surface area contributed by atoms with E-state index >= 15 is 0 Å². The summed E-state index contributed by atoms with van der Waals surface area (Å²) < 4.78 is 38.9. The average Bonchev–Trinajstić information content (AvgIpc) is 2.29. The van der Waals surface area contributed by atoms with Gasteiger partial charge in [-0.3, -0.25) is 0 Å². The van der Waals surface area contributed by atoms with E-state index in [9.17, 15) is 13.2 Å². The van der Waals surface area contributed by atoms with E-state index in [-0.39, 0.29) is 12.2 Å². The third kappa shape index (κ3) is 3.17. The number of hydrogen-bond acceptors (Lipinski definition) is 1. The lowest BCUT2D eigenvalue weighted by Crippen LogP contribution is -2.01. The van der Waals surface area contributed by atoms with Gasteiger partial charge in [-0.2, -0.15) is 0 Å². The molecule has 0 spiro atoms. The lowest BCUT2D eigenvalue weighted by atomic mass is 10.2. The van der Waals surface area contributed by atoms with Gasteiger partial charge in [0, 0.05) is 23.3 Å². The van der Waals surface area contributed by atoms with Crippen molar-refractivity contribution in [2.45, 2.75) is 6.54 Å². The summed E-state index contributed by atoms with van der Waals surface area (Å²) in [5.41, 5.74) is 0.786. The van der Waals surface area contributed by atoms with E-state index in [4.69, 9.17) is 11.6 Å². The van der Waals surface area contributed by atoms with Crippen LogP contribution in [0.3, 0.4) is 0 Å². The number of anilines is 1. The zero-order valence-corrected chi connectivity index (χ0v) is 9.94. The molecule has 1 nitrogen and oxygen atoms in total. The van der Waals surface area contributed by atoms with Crippen LogP contribution in [0.4, 0.5) is 18.9 Å². The number of hydrogen-bond donors (Lipinski definition) is 1. The predicted octanol–water partition coefficient (Wildman–Crippen LogP) is 4.37. The van der Waals surface area contributed by atoms with Crippen LogP contribution in [0, 0.1) is 17.5 Å². The molecule has 0 fully saturated rings. The van der Waals surface area contributed by atoms with Crippen LogP contribution < -0.4 is 5.32 Å². The van der Waals surface area contributed by atoms with Gasteiger partial charge in [-0.1, -0.05) is 11.6 Å².